The summed E-state index contributed by atoms with van der Waals surface area (Å²) in [7, 11) is 1.57. The number of rotatable bonds is 3. The number of carbonyl (C=O) groups is 2. The van der Waals surface area contributed by atoms with E-state index < -0.39 is 0 Å². The van der Waals surface area contributed by atoms with Gasteiger partial charge in [0.2, 0.25) is 0 Å². The third-order valence-corrected chi connectivity index (χ3v) is 3.27. The molecule has 0 unspecified atom stereocenters. The fourth-order valence-corrected chi connectivity index (χ4v) is 2.04. The van der Waals surface area contributed by atoms with E-state index >= 15 is 0 Å². The SMILES string of the molecule is CNC(=O)c1ccc(NC(=O)c2cccnc2Cl)c(C)c1. The van der Waals surface area contributed by atoms with E-state index in [0.717, 1.165) is 5.56 Å². The van der Waals surface area contributed by atoms with Crippen LogP contribution in [-0.4, -0.2) is 23.8 Å². The number of halogens is 1. The number of pyridine rings is 1. The Morgan fingerprint density at radius 1 is 1.19 bits per heavy atom. The van der Waals surface area contributed by atoms with E-state index in [-0.39, 0.29) is 17.0 Å². The van der Waals surface area contributed by atoms with Crippen LogP contribution in [0.25, 0.3) is 0 Å². The summed E-state index contributed by atoms with van der Waals surface area (Å²) in [4.78, 5) is 27.6. The Labute approximate surface area is 127 Å². The van der Waals surface area contributed by atoms with E-state index in [9.17, 15) is 9.59 Å². The molecule has 0 aliphatic rings. The third-order valence-electron chi connectivity index (χ3n) is 2.97. The molecule has 2 rings (SSSR count). The van der Waals surface area contributed by atoms with Crippen LogP contribution in [0.15, 0.2) is 36.5 Å². The minimum atomic E-state index is -0.344. The molecule has 0 saturated carbocycles. The minimum Gasteiger partial charge on any atom is -0.355 e. The van der Waals surface area contributed by atoms with Crippen LogP contribution in [0.1, 0.15) is 26.3 Å². The van der Waals surface area contributed by atoms with Crippen molar-refractivity contribution in [3.05, 3.63) is 58.4 Å². The first-order valence-electron chi connectivity index (χ1n) is 6.27. The first-order valence-corrected chi connectivity index (χ1v) is 6.65. The second-order valence-corrected chi connectivity index (χ2v) is 4.76. The van der Waals surface area contributed by atoms with Crippen LogP contribution in [0.3, 0.4) is 0 Å². The minimum absolute atomic E-state index is 0.148. The monoisotopic (exact) mass is 303 g/mol. The summed E-state index contributed by atoms with van der Waals surface area (Å²) in [6.45, 7) is 1.81. The lowest BCUT2D eigenvalue weighted by atomic mass is 10.1. The molecule has 2 amide bonds. The van der Waals surface area contributed by atoms with Crippen molar-refractivity contribution in [2.75, 3.05) is 12.4 Å². The predicted octanol–water partition coefficient (Wildman–Crippen LogP) is 2.66. The molecule has 2 N–H and O–H groups in total. The van der Waals surface area contributed by atoms with Gasteiger partial charge in [0.25, 0.3) is 11.8 Å². The van der Waals surface area contributed by atoms with Crippen LogP contribution in [-0.2, 0) is 0 Å². The van der Waals surface area contributed by atoms with Crippen LogP contribution < -0.4 is 10.6 Å². The van der Waals surface area contributed by atoms with Gasteiger partial charge in [-0.25, -0.2) is 4.98 Å². The Hall–Kier alpha value is -2.40. The molecule has 6 heteroatoms. The van der Waals surface area contributed by atoms with Gasteiger partial charge in [0.1, 0.15) is 5.15 Å². The number of hydrogen-bond donors (Lipinski definition) is 2. The first kappa shape index (κ1) is 15.0. The molecule has 0 bridgehead atoms. The maximum Gasteiger partial charge on any atom is 0.258 e. The summed E-state index contributed by atoms with van der Waals surface area (Å²) >= 11 is 5.89. The van der Waals surface area contributed by atoms with Gasteiger partial charge in [-0.3, -0.25) is 9.59 Å². The standard InChI is InChI=1S/C15H14ClN3O2/c1-9-8-10(14(20)17-2)5-6-12(9)19-15(21)11-4-3-7-18-13(11)16/h3-8H,1-2H3,(H,17,20)(H,19,21). The average molecular weight is 304 g/mol. The highest BCUT2D eigenvalue weighted by Gasteiger charge is 2.13. The van der Waals surface area contributed by atoms with Crippen molar-refractivity contribution < 1.29 is 9.59 Å². The Morgan fingerprint density at radius 2 is 1.95 bits per heavy atom. The van der Waals surface area contributed by atoms with Crippen molar-refractivity contribution in [2.24, 2.45) is 0 Å². The van der Waals surface area contributed by atoms with Gasteiger partial charge in [-0.1, -0.05) is 11.6 Å². The van der Waals surface area contributed by atoms with Gasteiger partial charge in [0.05, 0.1) is 5.56 Å². The van der Waals surface area contributed by atoms with Crippen LogP contribution in [0, 0.1) is 6.92 Å². The number of nitrogens with one attached hydrogen (secondary N) is 2. The summed E-state index contributed by atoms with van der Waals surface area (Å²) in [6.07, 6.45) is 1.52. The smallest absolute Gasteiger partial charge is 0.258 e. The van der Waals surface area contributed by atoms with E-state index in [4.69, 9.17) is 11.6 Å². The quantitative estimate of drug-likeness (QED) is 0.856. The zero-order valence-corrected chi connectivity index (χ0v) is 12.4. The molecule has 0 spiro atoms. The summed E-state index contributed by atoms with van der Waals surface area (Å²) in [5.41, 5.74) is 2.23. The van der Waals surface area contributed by atoms with Gasteiger partial charge in [0.15, 0.2) is 0 Å². The van der Waals surface area contributed by atoms with Gasteiger partial charge in [-0.15, -0.1) is 0 Å². The number of hydrogen-bond acceptors (Lipinski definition) is 3. The number of aryl methyl sites for hydroxylation is 1. The number of carbonyl (C=O) groups excluding carboxylic acids is 2. The predicted molar refractivity (Wildman–Crippen MR) is 81.8 cm³/mol. The highest BCUT2D eigenvalue weighted by atomic mass is 35.5. The molecule has 108 valence electrons. The summed E-state index contributed by atoms with van der Waals surface area (Å²) in [5, 5.41) is 5.45. The second kappa shape index (κ2) is 6.37. The largest absolute Gasteiger partial charge is 0.355 e. The molecule has 0 saturated heterocycles. The lowest BCUT2D eigenvalue weighted by Gasteiger charge is -2.10. The van der Waals surface area contributed by atoms with Gasteiger partial charge < -0.3 is 10.6 Å². The molecule has 2 aromatic rings. The average Bonchev–Trinajstić information content (AvgIpc) is 2.48. The topological polar surface area (TPSA) is 71.1 Å². The fraction of sp³-hybridized carbons (Fsp3) is 0.133. The molecule has 0 radical (unpaired) electrons. The summed E-state index contributed by atoms with van der Waals surface area (Å²) in [6, 6.07) is 8.27. The Balaban J connectivity index is 2.22. The summed E-state index contributed by atoms with van der Waals surface area (Å²) < 4.78 is 0. The number of aromatic nitrogens is 1. The number of nitrogens with zero attached hydrogens (tertiary/aromatic N) is 1. The van der Waals surface area contributed by atoms with Crippen molar-refractivity contribution in [3.63, 3.8) is 0 Å². The summed E-state index contributed by atoms with van der Waals surface area (Å²) in [5.74, 6) is -0.518. The fourth-order valence-electron chi connectivity index (χ4n) is 1.83. The molecule has 0 fully saturated rings. The lowest BCUT2D eigenvalue weighted by Crippen LogP contribution is -2.18. The van der Waals surface area contributed by atoms with Crippen molar-refractivity contribution in [1.82, 2.24) is 10.3 Å². The van der Waals surface area contributed by atoms with E-state index in [1.54, 1.807) is 37.4 Å². The van der Waals surface area contributed by atoms with Crippen LogP contribution in [0.5, 0.6) is 0 Å². The van der Waals surface area contributed by atoms with Gasteiger partial charge >= 0.3 is 0 Å². The molecule has 21 heavy (non-hydrogen) atoms. The van der Waals surface area contributed by atoms with Crippen molar-refractivity contribution in [2.45, 2.75) is 6.92 Å². The van der Waals surface area contributed by atoms with Crippen LogP contribution in [0.4, 0.5) is 5.69 Å². The van der Waals surface area contributed by atoms with E-state index in [0.29, 0.717) is 16.8 Å². The highest BCUT2D eigenvalue weighted by molar-refractivity contribution is 6.33. The Morgan fingerprint density at radius 3 is 2.57 bits per heavy atom. The normalized spacial score (nSPS) is 10.0. The molecular formula is C15H14ClN3O2. The first-order chi connectivity index (χ1) is 10.0. The van der Waals surface area contributed by atoms with Gasteiger partial charge in [-0.05, 0) is 42.8 Å². The molecular weight excluding hydrogens is 290 g/mol. The Bertz CT molecular complexity index is 701. The van der Waals surface area contributed by atoms with Crippen LogP contribution >= 0.6 is 11.6 Å². The van der Waals surface area contributed by atoms with Crippen molar-refractivity contribution in [3.8, 4) is 0 Å². The van der Waals surface area contributed by atoms with Gasteiger partial charge in [-0.2, -0.15) is 0 Å². The number of amides is 2. The highest BCUT2D eigenvalue weighted by Crippen LogP contribution is 2.19. The van der Waals surface area contributed by atoms with Crippen molar-refractivity contribution >= 4 is 29.1 Å². The second-order valence-electron chi connectivity index (χ2n) is 4.40. The van der Waals surface area contributed by atoms with E-state index in [1.807, 2.05) is 6.92 Å². The molecule has 5 nitrogen and oxygen atoms in total. The van der Waals surface area contributed by atoms with E-state index in [1.165, 1.54) is 6.20 Å². The molecule has 1 heterocycles. The molecule has 1 aromatic carbocycles. The van der Waals surface area contributed by atoms with Gasteiger partial charge in [0, 0.05) is 24.5 Å². The van der Waals surface area contributed by atoms with Crippen LogP contribution in [0.2, 0.25) is 5.15 Å². The van der Waals surface area contributed by atoms with Crippen molar-refractivity contribution in [1.29, 1.82) is 0 Å². The molecule has 1 aromatic heterocycles. The molecule has 0 aliphatic carbocycles. The zero-order chi connectivity index (χ0) is 15.4. The zero-order valence-electron chi connectivity index (χ0n) is 11.6. The van der Waals surface area contributed by atoms with E-state index in [2.05, 4.69) is 15.6 Å². The molecule has 0 aliphatic heterocycles. The molecule has 0 atom stereocenters. The maximum absolute atomic E-state index is 12.1. The maximum atomic E-state index is 12.1. The third kappa shape index (κ3) is 3.38. The number of anilines is 1. The Kier molecular flexibility index (Phi) is 4.55. The number of benzene rings is 1. The lowest BCUT2D eigenvalue weighted by molar-refractivity contribution is 0.0962.